The van der Waals surface area contributed by atoms with Gasteiger partial charge >= 0.3 is 0 Å². The van der Waals surface area contributed by atoms with Gasteiger partial charge in [0, 0.05) is 15.5 Å². The van der Waals surface area contributed by atoms with E-state index in [0.29, 0.717) is 6.42 Å². The van der Waals surface area contributed by atoms with Gasteiger partial charge in [-0.1, -0.05) is 66.7 Å². The van der Waals surface area contributed by atoms with E-state index in [1.165, 1.54) is 6.07 Å². The predicted octanol–water partition coefficient (Wildman–Crippen LogP) is 7.89. The fourth-order valence-electron chi connectivity index (χ4n) is 2.70. The monoisotopic (exact) mass is 423 g/mol. The van der Waals surface area contributed by atoms with E-state index in [9.17, 15) is 4.39 Å². The molecule has 1 nitrogen and oxygen atoms in total. The number of hydrogen-bond acceptors (Lipinski definition) is 2. The first-order valence-electron chi connectivity index (χ1n) is 8.68. The highest BCUT2D eigenvalue weighted by molar-refractivity contribution is 8.04. The number of anilines is 1. The maximum Gasteiger partial charge on any atom is 0.141 e. The molecule has 0 spiro atoms. The molecule has 144 valence electrons. The highest BCUT2D eigenvalue weighted by Crippen LogP contribution is 2.40. The second-order valence-corrected chi connectivity index (χ2v) is 9.16. The molecular weight excluding hydrogens is 400 g/mol. The summed E-state index contributed by atoms with van der Waals surface area (Å²) >= 11 is 13.7. The summed E-state index contributed by atoms with van der Waals surface area (Å²) in [5, 5.41) is 5.04. The Hall–Kier alpha value is -1.42. The number of halogens is 3. The lowest BCUT2D eigenvalue weighted by Crippen LogP contribution is -2.25. The molecule has 0 saturated carbocycles. The van der Waals surface area contributed by atoms with Crippen LogP contribution in [0.25, 0.3) is 0 Å². The molecule has 2 aromatic carbocycles. The third kappa shape index (κ3) is 5.78. The van der Waals surface area contributed by atoms with Gasteiger partial charge in [-0.3, -0.25) is 0 Å². The Balaban J connectivity index is 2.15. The van der Waals surface area contributed by atoms with E-state index in [1.807, 2.05) is 25.1 Å². The molecule has 0 bridgehead atoms. The van der Waals surface area contributed by atoms with Crippen LogP contribution < -0.4 is 5.32 Å². The lowest BCUT2D eigenvalue weighted by Gasteiger charge is -2.31. The van der Waals surface area contributed by atoms with Crippen molar-refractivity contribution >= 4 is 40.7 Å². The van der Waals surface area contributed by atoms with E-state index >= 15 is 0 Å². The summed E-state index contributed by atoms with van der Waals surface area (Å²) in [6, 6.07) is 10.7. The zero-order valence-electron chi connectivity index (χ0n) is 15.8. The van der Waals surface area contributed by atoms with Crippen LogP contribution in [0.5, 0.6) is 0 Å². The van der Waals surface area contributed by atoms with Crippen molar-refractivity contribution in [2.75, 3.05) is 5.32 Å². The molecule has 1 N–H and O–H groups in total. The van der Waals surface area contributed by atoms with Crippen LogP contribution >= 0.6 is 35.0 Å². The SMILES string of the molecule is C=C(Nc1ccc(Cl)c(CC)c1)SC(C)(Cc1ccc(F)c(Cl)c1)C(=C)C. The van der Waals surface area contributed by atoms with Crippen molar-refractivity contribution in [3.8, 4) is 0 Å². The van der Waals surface area contributed by atoms with Gasteiger partial charge in [-0.15, -0.1) is 0 Å². The summed E-state index contributed by atoms with van der Waals surface area (Å²) in [5.74, 6) is -0.411. The van der Waals surface area contributed by atoms with E-state index in [0.717, 1.165) is 38.9 Å². The van der Waals surface area contributed by atoms with Crippen LogP contribution in [0.4, 0.5) is 10.1 Å². The quantitative estimate of drug-likeness (QED) is 0.433. The van der Waals surface area contributed by atoms with Crippen molar-refractivity contribution in [3.63, 3.8) is 0 Å². The van der Waals surface area contributed by atoms with E-state index in [-0.39, 0.29) is 9.77 Å². The summed E-state index contributed by atoms with van der Waals surface area (Å²) in [7, 11) is 0. The zero-order valence-corrected chi connectivity index (χ0v) is 18.2. The van der Waals surface area contributed by atoms with Crippen LogP contribution in [0.15, 0.2) is 60.2 Å². The molecule has 0 aliphatic heterocycles. The average molecular weight is 424 g/mol. The van der Waals surface area contributed by atoms with Crippen LogP contribution in [0, 0.1) is 5.82 Å². The van der Waals surface area contributed by atoms with E-state index in [4.69, 9.17) is 23.2 Å². The highest BCUT2D eigenvalue weighted by Gasteiger charge is 2.28. The predicted molar refractivity (Wildman–Crippen MR) is 120 cm³/mol. The van der Waals surface area contributed by atoms with Crippen LogP contribution in [-0.4, -0.2) is 4.75 Å². The van der Waals surface area contributed by atoms with Crippen molar-refractivity contribution < 1.29 is 4.39 Å². The third-order valence-electron chi connectivity index (χ3n) is 4.49. The largest absolute Gasteiger partial charge is 0.351 e. The molecule has 2 aromatic rings. The number of nitrogens with one attached hydrogen (secondary N) is 1. The van der Waals surface area contributed by atoms with Crippen molar-refractivity contribution in [1.82, 2.24) is 0 Å². The van der Waals surface area contributed by atoms with Gasteiger partial charge in [0.05, 0.1) is 10.1 Å². The van der Waals surface area contributed by atoms with Gasteiger partial charge in [0.1, 0.15) is 5.82 Å². The third-order valence-corrected chi connectivity index (χ3v) is 6.44. The first-order chi connectivity index (χ1) is 12.6. The van der Waals surface area contributed by atoms with E-state index in [1.54, 1.807) is 23.9 Å². The van der Waals surface area contributed by atoms with Gasteiger partial charge in [-0.05, 0) is 68.1 Å². The first-order valence-corrected chi connectivity index (χ1v) is 10.2. The number of benzene rings is 2. The van der Waals surface area contributed by atoms with Crippen LogP contribution in [-0.2, 0) is 12.8 Å². The highest BCUT2D eigenvalue weighted by atomic mass is 35.5. The topological polar surface area (TPSA) is 12.0 Å². The summed E-state index contributed by atoms with van der Waals surface area (Å²) in [5.41, 5.74) is 3.99. The Morgan fingerprint density at radius 1 is 1.15 bits per heavy atom. The smallest absolute Gasteiger partial charge is 0.141 e. The Labute approximate surface area is 175 Å². The van der Waals surface area contributed by atoms with Crippen molar-refractivity contribution in [2.45, 2.75) is 38.4 Å². The second-order valence-electron chi connectivity index (χ2n) is 6.75. The Kier molecular flexibility index (Phi) is 7.44. The molecule has 0 aliphatic carbocycles. The van der Waals surface area contributed by atoms with Crippen LogP contribution in [0.1, 0.15) is 31.9 Å². The van der Waals surface area contributed by atoms with Gasteiger partial charge in [-0.25, -0.2) is 4.39 Å². The van der Waals surface area contributed by atoms with Gasteiger partial charge in [0.15, 0.2) is 0 Å². The summed E-state index contributed by atoms with van der Waals surface area (Å²) in [6.45, 7) is 14.5. The second kappa shape index (κ2) is 9.18. The Morgan fingerprint density at radius 3 is 2.44 bits per heavy atom. The number of aryl methyl sites for hydroxylation is 1. The minimum atomic E-state index is -0.411. The van der Waals surface area contributed by atoms with Gasteiger partial charge in [0.25, 0.3) is 0 Å². The molecule has 2 rings (SSSR count). The molecule has 0 radical (unpaired) electrons. The fourth-order valence-corrected chi connectivity index (χ4v) is 4.28. The molecule has 27 heavy (non-hydrogen) atoms. The van der Waals surface area contributed by atoms with Crippen molar-refractivity contribution in [2.24, 2.45) is 0 Å². The molecule has 0 saturated heterocycles. The van der Waals surface area contributed by atoms with Crippen LogP contribution in [0.3, 0.4) is 0 Å². The average Bonchev–Trinajstić information content (AvgIpc) is 2.59. The maximum atomic E-state index is 13.4. The van der Waals surface area contributed by atoms with Crippen LogP contribution in [0.2, 0.25) is 10.0 Å². The normalized spacial score (nSPS) is 13.1. The molecule has 1 unspecified atom stereocenters. The first kappa shape index (κ1) is 21.9. The van der Waals surface area contributed by atoms with Gasteiger partial charge in [-0.2, -0.15) is 0 Å². The minimum absolute atomic E-state index is 0.131. The summed E-state index contributed by atoms with van der Waals surface area (Å²) < 4.78 is 13.1. The molecule has 0 fully saturated rings. The number of hydrogen-bond donors (Lipinski definition) is 1. The molecule has 0 amide bonds. The standard InChI is InChI=1S/C22H24Cl2FNS/c1-6-17-12-18(8-9-19(17)23)26-15(4)27-22(5,14(2)3)13-16-7-10-21(25)20(24)11-16/h7-12,26H,2,4,6,13H2,1,3,5H3. The summed E-state index contributed by atoms with van der Waals surface area (Å²) in [6.07, 6.45) is 1.53. The van der Waals surface area contributed by atoms with Crippen molar-refractivity contribution in [1.29, 1.82) is 0 Å². The lowest BCUT2D eigenvalue weighted by molar-refractivity contribution is 0.626. The molecule has 0 aliphatic rings. The van der Waals surface area contributed by atoms with Gasteiger partial charge in [0.2, 0.25) is 0 Å². The lowest BCUT2D eigenvalue weighted by atomic mass is 9.94. The molecule has 1 atom stereocenters. The molecule has 5 heteroatoms. The molecule has 0 heterocycles. The molecule has 0 aromatic heterocycles. The Bertz CT molecular complexity index is 865. The number of thioether (sulfide) groups is 1. The fraction of sp³-hybridized carbons (Fsp3) is 0.273. The Morgan fingerprint density at radius 2 is 1.85 bits per heavy atom. The molecular formula is C22H24Cl2FNS. The van der Waals surface area contributed by atoms with E-state index in [2.05, 4.69) is 32.3 Å². The van der Waals surface area contributed by atoms with E-state index < -0.39 is 5.82 Å². The van der Waals surface area contributed by atoms with Gasteiger partial charge < -0.3 is 5.32 Å². The minimum Gasteiger partial charge on any atom is -0.351 e. The van der Waals surface area contributed by atoms with Crippen molar-refractivity contribution in [3.05, 3.63) is 87.1 Å². The maximum absolute atomic E-state index is 13.4. The number of rotatable bonds is 8. The summed E-state index contributed by atoms with van der Waals surface area (Å²) in [4.78, 5) is 0. The zero-order chi connectivity index (χ0) is 20.2.